The van der Waals surface area contributed by atoms with Crippen LogP contribution >= 0.6 is 23.1 Å². The highest BCUT2D eigenvalue weighted by Gasteiger charge is 2.14. The Morgan fingerprint density at radius 1 is 1.07 bits per heavy atom. The maximum Gasteiger partial charge on any atom is 0.173 e. The Bertz CT molecular complexity index is 1170. The highest BCUT2D eigenvalue weighted by atomic mass is 32.2. The maximum atomic E-state index is 13.2. The van der Waals surface area contributed by atoms with E-state index in [4.69, 9.17) is 0 Å². The smallest absolute Gasteiger partial charge is 0.173 e. The quantitative estimate of drug-likeness (QED) is 0.228. The number of rotatable bonds is 5. The summed E-state index contributed by atoms with van der Waals surface area (Å²) >= 11 is 2.98. The molecule has 4 rings (SSSR count). The summed E-state index contributed by atoms with van der Waals surface area (Å²) in [6.07, 6.45) is 1.52. The van der Waals surface area contributed by atoms with Crippen molar-refractivity contribution in [3.05, 3.63) is 77.4 Å². The van der Waals surface area contributed by atoms with E-state index in [1.54, 1.807) is 23.5 Å². The Kier molecular flexibility index (Phi) is 5.24. The van der Waals surface area contributed by atoms with E-state index in [0.29, 0.717) is 5.75 Å². The Labute approximate surface area is 170 Å². The van der Waals surface area contributed by atoms with Crippen molar-refractivity contribution in [1.29, 1.82) is 0 Å². The molecule has 0 N–H and O–H groups in total. The number of halogens is 1. The van der Waals surface area contributed by atoms with Gasteiger partial charge in [0.25, 0.3) is 0 Å². The molecule has 2 heterocycles. The molecule has 2 aromatic carbocycles. The van der Waals surface area contributed by atoms with Crippen LogP contribution in [0.3, 0.4) is 0 Å². The summed E-state index contributed by atoms with van der Waals surface area (Å²) in [4.78, 5) is 22.4. The number of ketones is 1. The van der Waals surface area contributed by atoms with Gasteiger partial charge in [0.05, 0.1) is 16.0 Å². The van der Waals surface area contributed by atoms with Gasteiger partial charge in [0.1, 0.15) is 17.2 Å². The van der Waals surface area contributed by atoms with Crippen LogP contribution in [0.25, 0.3) is 20.7 Å². The summed E-state index contributed by atoms with van der Waals surface area (Å²) in [5, 5.41) is 0.793. The number of aryl methyl sites for hydroxylation is 2. The second kappa shape index (κ2) is 7.81. The molecule has 0 saturated carbocycles. The minimum atomic E-state index is -0.259. The van der Waals surface area contributed by atoms with Crippen LogP contribution in [0.15, 0.2) is 59.9 Å². The number of thioether (sulfide) groups is 1. The summed E-state index contributed by atoms with van der Waals surface area (Å²) < 4.78 is 14.1. The van der Waals surface area contributed by atoms with Gasteiger partial charge in [-0.05, 0) is 43.2 Å². The Balaban J connectivity index is 1.58. The zero-order valence-corrected chi connectivity index (χ0v) is 17.0. The largest absolute Gasteiger partial charge is 0.293 e. The van der Waals surface area contributed by atoms with Crippen LogP contribution in [0.2, 0.25) is 0 Å². The molecule has 0 saturated heterocycles. The molecule has 0 fully saturated rings. The number of Topliss-reactive ketones (excluding diaryl/α,β-unsaturated/α-hetero) is 1. The van der Waals surface area contributed by atoms with Crippen LogP contribution in [0.1, 0.15) is 21.5 Å². The topological polar surface area (TPSA) is 42.9 Å². The molecule has 0 aliphatic carbocycles. The third-order valence-corrected chi connectivity index (χ3v) is 6.73. The van der Waals surface area contributed by atoms with E-state index in [9.17, 15) is 9.18 Å². The van der Waals surface area contributed by atoms with Gasteiger partial charge in [0, 0.05) is 10.4 Å². The third-order valence-electron chi connectivity index (χ3n) is 4.43. The lowest BCUT2D eigenvalue weighted by Gasteiger charge is -2.06. The van der Waals surface area contributed by atoms with Gasteiger partial charge in [0.2, 0.25) is 0 Å². The van der Waals surface area contributed by atoms with Gasteiger partial charge in [-0.1, -0.05) is 47.7 Å². The molecule has 140 valence electrons. The van der Waals surface area contributed by atoms with Crippen molar-refractivity contribution in [3.8, 4) is 10.4 Å². The number of carbonyl (C=O) groups is 1. The van der Waals surface area contributed by atoms with Gasteiger partial charge < -0.3 is 0 Å². The van der Waals surface area contributed by atoms with E-state index in [1.807, 2.05) is 38.1 Å². The molecule has 28 heavy (non-hydrogen) atoms. The summed E-state index contributed by atoms with van der Waals surface area (Å²) in [6.45, 7) is 3.98. The average Bonchev–Trinajstić information content (AvgIpc) is 3.11. The molecule has 0 atom stereocenters. The molecule has 3 nitrogen and oxygen atoms in total. The first-order valence-electron chi connectivity index (χ1n) is 8.75. The minimum Gasteiger partial charge on any atom is -0.293 e. The number of fused-ring (bicyclic) bond motifs is 1. The molecule has 2 aromatic heterocycles. The first-order valence-corrected chi connectivity index (χ1v) is 10.6. The highest BCUT2D eigenvalue weighted by molar-refractivity contribution is 8.00. The SMILES string of the molecule is Cc1ccc(C(=O)CSc2ncnc3cc(-c4ccc(F)cc4)sc23)c(C)c1. The summed E-state index contributed by atoms with van der Waals surface area (Å²) in [7, 11) is 0. The van der Waals surface area contributed by atoms with E-state index in [0.717, 1.165) is 42.4 Å². The van der Waals surface area contributed by atoms with E-state index in [1.165, 1.54) is 30.2 Å². The van der Waals surface area contributed by atoms with Crippen LogP contribution in [-0.4, -0.2) is 21.5 Å². The fourth-order valence-corrected chi connectivity index (χ4v) is 5.11. The molecule has 0 spiro atoms. The number of benzene rings is 2. The van der Waals surface area contributed by atoms with Gasteiger partial charge in [0.15, 0.2) is 5.78 Å². The van der Waals surface area contributed by atoms with Gasteiger partial charge in [-0.15, -0.1) is 11.3 Å². The Hall–Kier alpha value is -2.57. The van der Waals surface area contributed by atoms with Crippen LogP contribution in [-0.2, 0) is 0 Å². The fraction of sp³-hybridized carbons (Fsp3) is 0.136. The first kappa shape index (κ1) is 18.8. The first-order chi connectivity index (χ1) is 13.5. The van der Waals surface area contributed by atoms with Crippen molar-refractivity contribution < 1.29 is 9.18 Å². The summed E-state index contributed by atoms with van der Waals surface area (Å²) in [5.74, 6) is 0.148. The highest BCUT2D eigenvalue weighted by Crippen LogP contribution is 2.37. The molecule has 0 amide bonds. The van der Waals surface area contributed by atoms with Crippen molar-refractivity contribution in [2.24, 2.45) is 0 Å². The lowest BCUT2D eigenvalue weighted by molar-refractivity contribution is 0.102. The van der Waals surface area contributed by atoms with Crippen LogP contribution in [0, 0.1) is 19.7 Å². The number of hydrogen-bond acceptors (Lipinski definition) is 5. The molecule has 0 aliphatic heterocycles. The van der Waals surface area contributed by atoms with E-state index >= 15 is 0 Å². The lowest BCUT2D eigenvalue weighted by atomic mass is 10.0. The fourth-order valence-electron chi connectivity index (χ4n) is 3.03. The van der Waals surface area contributed by atoms with Crippen molar-refractivity contribution in [2.45, 2.75) is 18.9 Å². The standard InChI is InChI=1S/C22H17FN2OS2/c1-13-3-8-17(14(2)9-13)19(26)11-27-22-21-18(24-12-25-22)10-20(28-21)15-4-6-16(23)7-5-15/h3-10,12H,11H2,1-2H3. The van der Waals surface area contributed by atoms with Crippen molar-refractivity contribution in [2.75, 3.05) is 5.75 Å². The molecule has 0 bridgehead atoms. The number of hydrogen-bond donors (Lipinski definition) is 0. The summed E-state index contributed by atoms with van der Waals surface area (Å²) in [5.41, 5.74) is 4.66. The Morgan fingerprint density at radius 2 is 1.86 bits per heavy atom. The molecular formula is C22H17FN2OS2. The number of carbonyl (C=O) groups excluding carboxylic acids is 1. The minimum absolute atomic E-state index is 0.0876. The number of nitrogens with zero attached hydrogens (tertiary/aromatic N) is 2. The predicted octanol–water partition coefficient (Wildman–Crippen LogP) is 6.09. The van der Waals surface area contributed by atoms with Gasteiger partial charge in [-0.25, -0.2) is 14.4 Å². The molecule has 0 radical (unpaired) electrons. The second-order valence-corrected chi connectivity index (χ2v) is 8.56. The van der Waals surface area contributed by atoms with Gasteiger partial charge >= 0.3 is 0 Å². The van der Waals surface area contributed by atoms with E-state index < -0.39 is 0 Å². The van der Waals surface area contributed by atoms with Crippen LogP contribution in [0.5, 0.6) is 0 Å². The molecule has 4 aromatic rings. The zero-order chi connectivity index (χ0) is 19.7. The van der Waals surface area contributed by atoms with Crippen molar-refractivity contribution >= 4 is 39.1 Å². The molecule has 0 aliphatic rings. The number of aromatic nitrogens is 2. The zero-order valence-electron chi connectivity index (χ0n) is 15.4. The second-order valence-electron chi connectivity index (χ2n) is 6.54. The summed E-state index contributed by atoms with van der Waals surface area (Å²) in [6, 6.07) is 14.3. The van der Waals surface area contributed by atoms with Gasteiger partial charge in [-0.2, -0.15) is 0 Å². The van der Waals surface area contributed by atoms with Crippen LogP contribution < -0.4 is 0 Å². The number of thiophene rings is 1. The predicted molar refractivity (Wildman–Crippen MR) is 114 cm³/mol. The van der Waals surface area contributed by atoms with E-state index in [2.05, 4.69) is 9.97 Å². The van der Waals surface area contributed by atoms with Gasteiger partial charge in [-0.3, -0.25) is 4.79 Å². The normalized spacial score (nSPS) is 11.1. The van der Waals surface area contributed by atoms with Crippen molar-refractivity contribution in [3.63, 3.8) is 0 Å². The monoisotopic (exact) mass is 408 g/mol. The van der Waals surface area contributed by atoms with Crippen LogP contribution in [0.4, 0.5) is 4.39 Å². The van der Waals surface area contributed by atoms with Crippen molar-refractivity contribution in [1.82, 2.24) is 9.97 Å². The van der Waals surface area contributed by atoms with E-state index in [-0.39, 0.29) is 11.6 Å². The Morgan fingerprint density at radius 3 is 2.61 bits per heavy atom. The maximum absolute atomic E-state index is 13.2. The lowest BCUT2D eigenvalue weighted by Crippen LogP contribution is -2.05. The molecular weight excluding hydrogens is 391 g/mol. The average molecular weight is 409 g/mol. The molecule has 0 unspecified atom stereocenters. The molecule has 6 heteroatoms. The third kappa shape index (κ3) is 3.84.